The number of hydrogen-bond acceptors (Lipinski definition) is 6. The first-order valence-corrected chi connectivity index (χ1v) is 9.02. The van der Waals surface area contributed by atoms with E-state index in [1.54, 1.807) is 0 Å². The van der Waals surface area contributed by atoms with Gasteiger partial charge in [0.25, 0.3) is 11.8 Å². The molecule has 0 aromatic carbocycles. The predicted octanol–water partition coefficient (Wildman–Crippen LogP) is 1.35. The third kappa shape index (κ3) is 7.69. The maximum Gasteiger partial charge on any atom is 0.257 e. The molecule has 3 rings (SSSR count). The van der Waals surface area contributed by atoms with E-state index in [0.29, 0.717) is 24.9 Å². The molecule has 1 heterocycles. The van der Waals surface area contributed by atoms with E-state index in [-0.39, 0.29) is 49.9 Å². The van der Waals surface area contributed by atoms with Crippen LogP contribution in [0.4, 0.5) is 0 Å². The van der Waals surface area contributed by atoms with Crippen molar-refractivity contribution < 1.29 is 56.3 Å². The van der Waals surface area contributed by atoms with Crippen molar-refractivity contribution in [2.45, 2.75) is 46.5 Å². The molecule has 26 heavy (non-hydrogen) atoms. The third-order valence-corrected chi connectivity index (χ3v) is 4.12. The number of aliphatic hydroxyl groups excluding tert-OH is 3. The molecule has 1 saturated carbocycles. The number of hydrogen-bond donors (Lipinski definition) is 4. The molecule has 0 aromatic heterocycles. The predicted molar refractivity (Wildman–Crippen MR) is 93.5 cm³/mol. The van der Waals surface area contributed by atoms with Gasteiger partial charge in [-0.25, -0.2) is 0 Å². The van der Waals surface area contributed by atoms with Crippen molar-refractivity contribution in [3.63, 3.8) is 0 Å². The van der Waals surface area contributed by atoms with Crippen LogP contribution in [0.15, 0.2) is 12.2 Å². The molecule has 2 aliphatic carbocycles. The van der Waals surface area contributed by atoms with Crippen LogP contribution in [0.25, 0.3) is 0 Å². The normalized spacial score (nSPS) is 26.7. The van der Waals surface area contributed by atoms with Crippen LogP contribution >= 0.6 is 0 Å². The molecular formula is C18H33NO6Zr. The van der Waals surface area contributed by atoms with E-state index in [9.17, 15) is 9.59 Å². The molecule has 2 bridgehead atoms. The summed E-state index contributed by atoms with van der Waals surface area (Å²) in [6.45, 7) is 6.75. The Hall–Kier alpha value is -0.397. The molecule has 4 N–H and O–H groups in total. The van der Waals surface area contributed by atoms with Crippen LogP contribution in [0.2, 0.25) is 0 Å². The number of imide groups is 1. The second-order valence-corrected chi connectivity index (χ2v) is 6.16. The Labute approximate surface area is 175 Å². The Morgan fingerprint density at radius 3 is 1.35 bits per heavy atom. The monoisotopic (exact) mass is 449 g/mol. The average molecular weight is 451 g/mol. The summed E-state index contributed by atoms with van der Waals surface area (Å²) in [6.07, 6.45) is 7.52. The minimum Gasteiger partial charge on any atom is -0.396 e. The van der Waals surface area contributed by atoms with E-state index in [1.165, 1.54) is 0 Å². The van der Waals surface area contributed by atoms with Crippen LogP contribution in [0.5, 0.6) is 0 Å². The Morgan fingerprint density at radius 2 is 1.12 bits per heavy atom. The van der Waals surface area contributed by atoms with Crippen molar-refractivity contribution in [1.29, 1.82) is 0 Å². The number of rotatable bonds is 3. The molecule has 3 aliphatic rings. The first-order chi connectivity index (χ1) is 11.9. The Bertz CT molecular complexity index is 386. The van der Waals surface area contributed by atoms with Gasteiger partial charge in [0.05, 0.1) is 11.8 Å². The van der Waals surface area contributed by atoms with Gasteiger partial charge in [-0.1, -0.05) is 32.9 Å². The smallest absolute Gasteiger partial charge is 0.257 e. The number of fused-ring (bicyclic) bond motifs is 5. The molecule has 1 saturated heterocycles. The molecule has 0 aromatic rings. The summed E-state index contributed by atoms with van der Waals surface area (Å²) in [5.41, 5.74) is 0. The third-order valence-electron chi connectivity index (χ3n) is 4.12. The summed E-state index contributed by atoms with van der Waals surface area (Å²) in [5.74, 6) is -0.995. The molecule has 1 aliphatic heterocycles. The first-order valence-electron chi connectivity index (χ1n) is 9.02. The van der Waals surface area contributed by atoms with Crippen molar-refractivity contribution >= 4 is 11.8 Å². The zero-order valence-corrected chi connectivity index (χ0v) is 18.4. The molecule has 4 unspecified atom stereocenters. The number of hydroxylamine groups is 2. The molecular weight excluding hydrogens is 417 g/mol. The summed E-state index contributed by atoms with van der Waals surface area (Å²) >= 11 is 0. The van der Waals surface area contributed by atoms with Crippen LogP contribution in [0, 0.1) is 23.7 Å². The average Bonchev–Trinajstić information content (AvgIpc) is 3.33. The zero-order chi connectivity index (χ0) is 19.4. The maximum atomic E-state index is 11.4. The number of amides is 2. The topological polar surface area (TPSA) is 118 Å². The van der Waals surface area contributed by atoms with Crippen molar-refractivity contribution in [3.05, 3.63) is 12.2 Å². The fourth-order valence-corrected chi connectivity index (χ4v) is 2.89. The van der Waals surface area contributed by atoms with Gasteiger partial charge in [0.15, 0.2) is 0 Å². The van der Waals surface area contributed by atoms with E-state index in [1.807, 2.05) is 32.9 Å². The zero-order valence-electron chi connectivity index (χ0n) is 16.0. The van der Waals surface area contributed by atoms with Crippen LogP contribution in [0.1, 0.15) is 46.5 Å². The number of aliphatic hydroxyl groups is 3. The van der Waals surface area contributed by atoms with Crippen LogP contribution < -0.4 is 0 Å². The molecule has 8 heteroatoms. The standard InChI is InChI=1S/C9H9NO3.3C3H8O.Zr/c11-8-6-4-1-2-5(3-4)7(6)9(12)10(8)13;3*1-2-3-4;/h1-2,4-7,13H,3H2;3*4H,2-3H2,1H3;. The van der Waals surface area contributed by atoms with Crippen LogP contribution in [0.3, 0.4) is 0 Å². The summed E-state index contributed by atoms with van der Waals surface area (Å²) in [4.78, 5) is 22.8. The minimum absolute atomic E-state index is 0. The molecule has 0 radical (unpaired) electrons. The molecule has 2 amide bonds. The summed E-state index contributed by atoms with van der Waals surface area (Å²) in [5, 5.41) is 33.1. The van der Waals surface area contributed by atoms with Crippen molar-refractivity contribution in [1.82, 2.24) is 5.06 Å². The number of carbonyl (C=O) groups is 2. The molecule has 4 atom stereocenters. The van der Waals surface area contributed by atoms with Gasteiger partial charge in [0.1, 0.15) is 0 Å². The maximum absolute atomic E-state index is 11.4. The second-order valence-electron chi connectivity index (χ2n) is 6.16. The second kappa shape index (κ2) is 15.6. The quantitative estimate of drug-likeness (QED) is 0.293. The van der Waals surface area contributed by atoms with Crippen molar-refractivity contribution in [3.8, 4) is 0 Å². The van der Waals surface area contributed by atoms with E-state index in [4.69, 9.17) is 20.5 Å². The van der Waals surface area contributed by atoms with Gasteiger partial charge in [0.2, 0.25) is 0 Å². The Kier molecular flexibility index (Phi) is 16.7. The van der Waals surface area contributed by atoms with E-state index < -0.39 is 11.8 Å². The number of carbonyl (C=O) groups excluding carboxylic acids is 2. The number of allylic oxidation sites excluding steroid dienone is 2. The summed E-state index contributed by atoms with van der Waals surface area (Å²) in [6, 6.07) is 0. The Balaban J connectivity index is 0. The summed E-state index contributed by atoms with van der Waals surface area (Å²) < 4.78 is 0. The van der Waals surface area contributed by atoms with Gasteiger partial charge in [-0.3, -0.25) is 14.8 Å². The SMILES string of the molecule is CCCO.CCCO.CCCO.O=C1C2C3C=CC(C3)C2C(=O)N1O.[Zr]. The van der Waals surface area contributed by atoms with E-state index >= 15 is 0 Å². The van der Waals surface area contributed by atoms with Gasteiger partial charge in [-0.15, -0.1) is 0 Å². The molecule has 7 nitrogen and oxygen atoms in total. The van der Waals surface area contributed by atoms with Crippen LogP contribution in [-0.2, 0) is 35.8 Å². The minimum atomic E-state index is -0.410. The van der Waals surface area contributed by atoms with Gasteiger partial charge in [-0.2, -0.15) is 5.06 Å². The van der Waals surface area contributed by atoms with Gasteiger partial charge < -0.3 is 15.3 Å². The first kappa shape index (κ1) is 27.8. The van der Waals surface area contributed by atoms with Crippen molar-refractivity contribution in [2.24, 2.45) is 23.7 Å². The van der Waals surface area contributed by atoms with E-state index in [2.05, 4.69) is 0 Å². The molecule has 2 fully saturated rings. The summed E-state index contributed by atoms with van der Waals surface area (Å²) in [7, 11) is 0. The van der Waals surface area contributed by atoms with Gasteiger partial charge in [-0.05, 0) is 37.5 Å². The number of nitrogens with zero attached hydrogens (tertiary/aromatic N) is 1. The van der Waals surface area contributed by atoms with E-state index in [0.717, 1.165) is 25.7 Å². The molecule has 0 spiro atoms. The largest absolute Gasteiger partial charge is 0.396 e. The van der Waals surface area contributed by atoms with Crippen LogP contribution in [-0.4, -0.2) is 57.2 Å². The van der Waals surface area contributed by atoms with Gasteiger partial charge in [0, 0.05) is 46.0 Å². The van der Waals surface area contributed by atoms with Crippen molar-refractivity contribution in [2.75, 3.05) is 19.8 Å². The fraction of sp³-hybridized carbons (Fsp3) is 0.778. The Morgan fingerprint density at radius 1 is 0.846 bits per heavy atom. The van der Waals surface area contributed by atoms with Gasteiger partial charge >= 0.3 is 0 Å². The fourth-order valence-electron chi connectivity index (χ4n) is 2.89. The molecule has 150 valence electrons.